The van der Waals surface area contributed by atoms with Crippen LogP contribution in [0.4, 0.5) is 0 Å². The third kappa shape index (κ3) is 3.39. The number of hydrogen-bond acceptors (Lipinski definition) is 1. The molecule has 0 aliphatic carbocycles. The number of likely N-dealkylation sites (tertiary alicyclic amines) is 1. The van der Waals surface area contributed by atoms with Gasteiger partial charge in [0.15, 0.2) is 0 Å². The largest absolute Gasteiger partial charge is 0.336 e. The second kappa shape index (κ2) is 6.94. The summed E-state index contributed by atoms with van der Waals surface area (Å²) in [7, 11) is 0. The molecule has 1 amide bonds. The minimum absolute atomic E-state index is 0.0165. The topological polar surface area (TPSA) is 20.3 Å². The molecule has 0 N–H and O–H groups in total. The lowest BCUT2D eigenvalue weighted by Crippen LogP contribution is -2.30. The number of amides is 1. The molecule has 0 spiro atoms. The third-order valence-corrected chi connectivity index (χ3v) is 5.46. The molecule has 0 unspecified atom stereocenters. The van der Waals surface area contributed by atoms with Crippen molar-refractivity contribution in [3.8, 4) is 0 Å². The summed E-state index contributed by atoms with van der Waals surface area (Å²) in [5.41, 5.74) is 2.12. The zero-order valence-corrected chi connectivity index (χ0v) is 14.5. The first-order valence-electron chi connectivity index (χ1n) is 7.86. The molecule has 0 aromatic heterocycles. The van der Waals surface area contributed by atoms with Gasteiger partial charge in [0.05, 0.1) is 16.1 Å². The average Bonchev–Trinajstić information content (AvgIpc) is 2.93. The summed E-state index contributed by atoms with van der Waals surface area (Å²) >= 11 is 12.3. The van der Waals surface area contributed by atoms with Crippen molar-refractivity contribution in [1.29, 1.82) is 0 Å². The van der Waals surface area contributed by atoms with Gasteiger partial charge in [0.1, 0.15) is 0 Å². The Bertz CT molecular complexity index is 702. The number of halogens is 2. The van der Waals surface area contributed by atoms with Gasteiger partial charge in [-0.1, -0.05) is 65.7 Å². The first kappa shape index (κ1) is 16.4. The minimum Gasteiger partial charge on any atom is -0.336 e. The van der Waals surface area contributed by atoms with Crippen molar-refractivity contribution in [1.82, 2.24) is 4.90 Å². The highest BCUT2D eigenvalue weighted by atomic mass is 35.5. The predicted molar refractivity (Wildman–Crippen MR) is 94.8 cm³/mol. The lowest BCUT2D eigenvalue weighted by molar-refractivity contribution is -0.132. The summed E-state index contributed by atoms with van der Waals surface area (Å²) in [6, 6.07) is 15.9. The van der Waals surface area contributed by atoms with Gasteiger partial charge in [-0.3, -0.25) is 4.79 Å². The molecule has 0 saturated carbocycles. The lowest BCUT2D eigenvalue weighted by Gasteiger charge is -2.25. The molecule has 1 saturated heterocycles. The maximum absolute atomic E-state index is 12.8. The molecule has 23 heavy (non-hydrogen) atoms. The van der Waals surface area contributed by atoms with Gasteiger partial charge in [0, 0.05) is 12.5 Å². The number of nitrogens with zero attached hydrogens (tertiary/aromatic N) is 1. The molecule has 0 radical (unpaired) electrons. The van der Waals surface area contributed by atoms with E-state index in [1.165, 1.54) is 5.56 Å². The fraction of sp³-hybridized carbons (Fsp3) is 0.316. The standard InChI is InChI=1S/C19H19Cl2NO/c1-13(14-6-3-2-4-7-14)22-11-10-16(19(22)23)12-15-8-5-9-17(20)18(15)21/h2-9,13,16H,10-12H2,1H3/t13-,16+/m0/s1. The monoisotopic (exact) mass is 347 g/mol. The Balaban J connectivity index is 1.73. The highest BCUT2D eigenvalue weighted by Gasteiger charge is 2.35. The molecule has 4 heteroatoms. The fourth-order valence-corrected chi connectivity index (χ4v) is 3.62. The van der Waals surface area contributed by atoms with E-state index in [1.807, 2.05) is 35.2 Å². The zero-order valence-electron chi connectivity index (χ0n) is 13.0. The Morgan fingerprint density at radius 1 is 1.13 bits per heavy atom. The van der Waals surface area contributed by atoms with Crippen molar-refractivity contribution < 1.29 is 4.79 Å². The van der Waals surface area contributed by atoms with Crippen LogP contribution in [0.1, 0.15) is 30.5 Å². The summed E-state index contributed by atoms with van der Waals surface area (Å²) in [6.07, 6.45) is 1.51. The van der Waals surface area contributed by atoms with E-state index in [1.54, 1.807) is 6.07 Å². The van der Waals surface area contributed by atoms with Crippen molar-refractivity contribution >= 4 is 29.1 Å². The Morgan fingerprint density at radius 3 is 2.61 bits per heavy atom. The van der Waals surface area contributed by atoms with Crippen LogP contribution in [0.3, 0.4) is 0 Å². The van der Waals surface area contributed by atoms with E-state index in [-0.39, 0.29) is 17.9 Å². The SMILES string of the molecule is C[C@@H](c1ccccc1)N1CC[C@H](Cc2cccc(Cl)c2Cl)C1=O. The summed E-state index contributed by atoms with van der Waals surface area (Å²) in [5.74, 6) is 0.189. The van der Waals surface area contributed by atoms with Crippen LogP contribution in [0.15, 0.2) is 48.5 Å². The molecule has 1 aliphatic heterocycles. The third-order valence-electron chi connectivity index (χ3n) is 4.60. The molecule has 0 bridgehead atoms. The number of hydrogen-bond donors (Lipinski definition) is 0. The summed E-state index contributed by atoms with van der Waals surface area (Å²) in [5, 5.41) is 1.11. The zero-order chi connectivity index (χ0) is 16.4. The predicted octanol–water partition coefficient (Wildman–Crippen LogP) is 5.15. The van der Waals surface area contributed by atoms with Crippen molar-refractivity contribution in [2.24, 2.45) is 5.92 Å². The second-order valence-corrected chi connectivity index (χ2v) is 6.81. The maximum atomic E-state index is 12.8. The van der Waals surface area contributed by atoms with Crippen LogP contribution in [0.25, 0.3) is 0 Å². The first-order chi connectivity index (χ1) is 11.1. The number of carbonyl (C=O) groups excluding carboxylic acids is 1. The van der Waals surface area contributed by atoms with Crippen LogP contribution in [0.5, 0.6) is 0 Å². The van der Waals surface area contributed by atoms with Gasteiger partial charge < -0.3 is 4.90 Å². The van der Waals surface area contributed by atoms with Crippen LogP contribution in [-0.4, -0.2) is 17.4 Å². The average molecular weight is 348 g/mol. The maximum Gasteiger partial charge on any atom is 0.226 e. The summed E-state index contributed by atoms with van der Waals surface area (Å²) < 4.78 is 0. The summed E-state index contributed by atoms with van der Waals surface area (Å²) in [4.78, 5) is 14.7. The lowest BCUT2D eigenvalue weighted by atomic mass is 9.98. The van der Waals surface area contributed by atoms with Crippen LogP contribution in [0, 0.1) is 5.92 Å². The van der Waals surface area contributed by atoms with Crippen molar-refractivity contribution in [2.45, 2.75) is 25.8 Å². The van der Waals surface area contributed by atoms with Gasteiger partial charge in [-0.05, 0) is 37.0 Å². The summed E-state index contributed by atoms with van der Waals surface area (Å²) in [6.45, 7) is 2.87. The van der Waals surface area contributed by atoms with Crippen molar-refractivity contribution in [3.63, 3.8) is 0 Å². The molecule has 2 aromatic rings. The van der Waals surface area contributed by atoms with Gasteiger partial charge >= 0.3 is 0 Å². The second-order valence-electron chi connectivity index (χ2n) is 6.02. The molecule has 2 aromatic carbocycles. The van der Waals surface area contributed by atoms with Crippen LogP contribution < -0.4 is 0 Å². The van der Waals surface area contributed by atoms with E-state index in [9.17, 15) is 4.79 Å². The van der Waals surface area contributed by atoms with Gasteiger partial charge in [0.2, 0.25) is 5.91 Å². The molecule has 3 rings (SSSR count). The fourth-order valence-electron chi connectivity index (χ4n) is 3.22. The molecule has 2 nitrogen and oxygen atoms in total. The van der Waals surface area contributed by atoms with Crippen LogP contribution >= 0.6 is 23.2 Å². The van der Waals surface area contributed by atoms with Crippen LogP contribution in [-0.2, 0) is 11.2 Å². The molecule has 2 atom stereocenters. The van der Waals surface area contributed by atoms with Crippen molar-refractivity contribution in [2.75, 3.05) is 6.54 Å². The highest BCUT2D eigenvalue weighted by molar-refractivity contribution is 6.42. The smallest absolute Gasteiger partial charge is 0.226 e. The van der Waals surface area contributed by atoms with E-state index >= 15 is 0 Å². The van der Waals surface area contributed by atoms with Crippen LogP contribution in [0.2, 0.25) is 10.0 Å². The number of rotatable bonds is 4. The quantitative estimate of drug-likeness (QED) is 0.749. The molecule has 1 aliphatic rings. The number of benzene rings is 2. The van der Waals surface area contributed by atoms with E-state index in [4.69, 9.17) is 23.2 Å². The Morgan fingerprint density at radius 2 is 1.87 bits per heavy atom. The Kier molecular flexibility index (Phi) is 4.93. The van der Waals surface area contributed by atoms with Gasteiger partial charge in [-0.15, -0.1) is 0 Å². The first-order valence-corrected chi connectivity index (χ1v) is 8.62. The molecular formula is C19H19Cl2NO. The molecule has 1 fully saturated rings. The van der Waals surface area contributed by atoms with Gasteiger partial charge in [0.25, 0.3) is 0 Å². The molecule has 120 valence electrons. The Labute approximate surface area is 147 Å². The minimum atomic E-state index is -0.0165. The van der Waals surface area contributed by atoms with E-state index in [0.29, 0.717) is 16.5 Å². The van der Waals surface area contributed by atoms with E-state index in [2.05, 4.69) is 19.1 Å². The molecular weight excluding hydrogens is 329 g/mol. The van der Waals surface area contributed by atoms with Crippen molar-refractivity contribution in [3.05, 3.63) is 69.7 Å². The molecule has 1 heterocycles. The normalized spacial score (nSPS) is 19.2. The van der Waals surface area contributed by atoms with E-state index in [0.717, 1.165) is 18.5 Å². The number of carbonyl (C=O) groups is 1. The van der Waals surface area contributed by atoms with Gasteiger partial charge in [-0.2, -0.15) is 0 Å². The Hall–Kier alpha value is -1.51. The van der Waals surface area contributed by atoms with E-state index < -0.39 is 0 Å². The highest BCUT2D eigenvalue weighted by Crippen LogP contribution is 2.33. The van der Waals surface area contributed by atoms with Gasteiger partial charge in [-0.25, -0.2) is 0 Å².